The van der Waals surface area contributed by atoms with Gasteiger partial charge in [0.15, 0.2) is 6.54 Å². The molecule has 0 aromatic rings. The summed E-state index contributed by atoms with van der Waals surface area (Å²) in [5.74, 6) is -0.241. The van der Waals surface area contributed by atoms with Crippen LogP contribution in [0, 0.1) is 0 Å². The first-order valence-corrected chi connectivity index (χ1v) is 7.45. The third-order valence-corrected chi connectivity index (χ3v) is 3.59. The summed E-state index contributed by atoms with van der Waals surface area (Å²) in [6, 6.07) is 0. The third-order valence-electron chi connectivity index (χ3n) is 3.59. The number of amides is 2. The zero-order valence-electron chi connectivity index (χ0n) is 14.5. The number of morpholine rings is 1. The Morgan fingerprint density at radius 2 is 1.61 bits per heavy atom. The van der Waals surface area contributed by atoms with Crippen molar-refractivity contribution >= 4 is 11.8 Å². The van der Waals surface area contributed by atoms with Crippen molar-refractivity contribution in [3.05, 3.63) is 0 Å². The molecule has 0 aromatic carbocycles. The number of hydrogen-bond acceptors (Lipinski definition) is 3. The lowest BCUT2D eigenvalue weighted by Gasteiger charge is -2.37. The Morgan fingerprint density at radius 3 is 2.13 bits per heavy atom. The van der Waals surface area contributed by atoms with Gasteiger partial charge < -0.3 is 49.2 Å². The average Bonchev–Trinajstić information content (AvgIpc) is 2.35. The van der Waals surface area contributed by atoms with Crippen molar-refractivity contribution in [1.29, 1.82) is 0 Å². The van der Waals surface area contributed by atoms with E-state index in [1.165, 1.54) is 0 Å². The second kappa shape index (κ2) is 11.0. The molecule has 0 bridgehead atoms. The highest BCUT2D eigenvalue weighted by atomic mass is 35.5. The minimum Gasteiger partial charge on any atom is -1.00 e. The molecule has 2 N–H and O–H groups in total. The molecule has 0 spiro atoms. The molecule has 1 aliphatic heterocycles. The van der Waals surface area contributed by atoms with E-state index < -0.39 is 0 Å². The first-order chi connectivity index (χ1) is 9.70. The smallest absolute Gasteiger partial charge is 0.275 e. The summed E-state index contributed by atoms with van der Waals surface area (Å²) in [7, 11) is 7.99. The molecule has 2 amide bonds. The van der Waals surface area contributed by atoms with Gasteiger partial charge in [0.2, 0.25) is 5.91 Å². The molecule has 0 radical (unpaired) electrons. The Hall–Kier alpha value is -0.600. The lowest BCUT2D eigenvalue weighted by molar-refractivity contribution is -0.915. The van der Waals surface area contributed by atoms with E-state index >= 15 is 0 Å². The molecule has 9 heteroatoms. The van der Waals surface area contributed by atoms with Gasteiger partial charge in [0.25, 0.3) is 5.91 Å². The molecule has 0 saturated carbocycles. The second-order valence-corrected chi connectivity index (χ2v) is 6.98. The zero-order valence-corrected chi connectivity index (χ0v) is 16.0. The van der Waals surface area contributed by atoms with Crippen LogP contribution >= 0.6 is 0 Å². The average molecular weight is 373 g/mol. The number of nitrogens with zero attached hydrogens (tertiary/aromatic N) is 2. The van der Waals surface area contributed by atoms with Crippen LogP contribution in [0.25, 0.3) is 0 Å². The van der Waals surface area contributed by atoms with E-state index in [4.69, 9.17) is 4.74 Å². The van der Waals surface area contributed by atoms with Crippen molar-refractivity contribution in [2.24, 2.45) is 0 Å². The van der Waals surface area contributed by atoms with Crippen LogP contribution < -0.4 is 35.4 Å². The largest absolute Gasteiger partial charge is 1.00 e. The Bertz CT molecular complexity index is 370. The number of carbonyl (C=O) groups is 2. The fourth-order valence-electron chi connectivity index (χ4n) is 2.20. The molecule has 23 heavy (non-hydrogen) atoms. The molecule has 0 aliphatic carbocycles. The van der Waals surface area contributed by atoms with Crippen LogP contribution in [0.5, 0.6) is 0 Å². The number of carbonyl (C=O) groups excluding carboxylic acids is 2. The number of halogens is 2. The summed E-state index contributed by atoms with van der Waals surface area (Å²) in [5.41, 5.74) is 0. The van der Waals surface area contributed by atoms with E-state index in [2.05, 4.69) is 17.7 Å². The molecule has 1 heterocycles. The van der Waals surface area contributed by atoms with Crippen LogP contribution in [0.3, 0.4) is 0 Å². The molecule has 0 atom stereocenters. The minimum absolute atomic E-state index is 0. The lowest BCUT2D eigenvalue weighted by atomic mass is 10.3. The van der Waals surface area contributed by atoms with Crippen molar-refractivity contribution in [2.75, 3.05) is 80.7 Å². The van der Waals surface area contributed by atoms with Gasteiger partial charge in [0.05, 0.1) is 61.0 Å². The van der Waals surface area contributed by atoms with Crippen LogP contribution in [0.1, 0.15) is 0 Å². The Balaban J connectivity index is 0. The predicted molar refractivity (Wildman–Crippen MR) is 80.5 cm³/mol. The summed E-state index contributed by atoms with van der Waals surface area (Å²) >= 11 is 0. The molecule has 138 valence electrons. The molecule has 1 rings (SSSR count). The van der Waals surface area contributed by atoms with Gasteiger partial charge in [0.1, 0.15) is 13.1 Å². The molecule has 7 nitrogen and oxygen atoms in total. The third kappa shape index (κ3) is 11.6. The van der Waals surface area contributed by atoms with Crippen LogP contribution in [0.2, 0.25) is 0 Å². The summed E-state index contributed by atoms with van der Waals surface area (Å²) in [4.78, 5) is 23.3. The van der Waals surface area contributed by atoms with Crippen molar-refractivity contribution in [3.63, 3.8) is 0 Å². The number of ether oxygens (including phenoxy) is 1. The van der Waals surface area contributed by atoms with Gasteiger partial charge in [-0.05, 0) is 0 Å². The molecule has 1 aliphatic rings. The maximum absolute atomic E-state index is 11.7. The SMILES string of the molecule is C[N+](C)(C)CC(=O)NCC(=O)NCC[N+]1(C)CCOCC1.[Cl-].[Cl-]. The van der Waals surface area contributed by atoms with Crippen LogP contribution in [-0.4, -0.2) is 101 Å². The van der Waals surface area contributed by atoms with Gasteiger partial charge in [-0.2, -0.15) is 0 Å². The maximum Gasteiger partial charge on any atom is 0.275 e. The lowest BCUT2D eigenvalue weighted by Crippen LogP contribution is -3.00. The molecular formula is C14H30Cl2N4O3. The Morgan fingerprint density at radius 1 is 1.04 bits per heavy atom. The van der Waals surface area contributed by atoms with Crippen molar-refractivity contribution in [3.8, 4) is 0 Å². The fraction of sp³-hybridized carbons (Fsp3) is 0.857. The number of nitrogens with one attached hydrogen (secondary N) is 2. The van der Waals surface area contributed by atoms with Gasteiger partial charge in [0, 0.05) is 0 Å². The molecular weight excluding hydrogens is 343 g/mol. The van der Waals surface area contributed by atoms with E-state index in [9.17, 15) is 9.59 Å². The molecule has 1 saturated heterocycles. The van der Waals surface area contributed by atoms with E-state index in [1.54, 1.807) is 0 Å². The van der Waals surface area contributed by atoms with E-state index in [0.29, 0.717) is 17.6 Å². The number of quaternary nitrogens is 2. The monoisotopic (exact) mass is 372 g/mol. The van der Waals surface area contributed by atoms with Crippen molar-refractivity contribution < 1.29 is 48.1 Å². The maximum atomic E-state index is 11.7. The van der Waals surface area contributed by atoms with Gasteiger partial charge >= 0.3 is 0 Å². The summed E-state index contributed by atoms with van der Waals surface area (Å²) in [6.07, 6.45) is 0. The van der Waals surface area contributed by atoms with Gasteiger partial charge in [-0.3, -0.25) is 9.59 Å². The quantitative estimate of drug-likeness (QED) is 0.436. The normalized spacial score (nSPS) is 16.5. The van der Waals surface area contributed by atoms with Crippen molar-refractivity contribution in [2.45, 2.75) is 0 Å². The number of likely N-dealkylation sites (N-methyl/N-ethyl adjacent to an activating group) is 2. The number of rotatable bonds is 7. The van der Waals surface area contributed by atoms with Crippen LogP contribution in [-0.2, 0) is 14.3 Å². The first-order valence-electron chi connectivity index (χ1n) is 7.45. The summed E-state index contributed by atoms with van der Waals surface area (Å²) in [5, 5.41) is 5.50. The first kappa shape index (κ1) is 24.6. The van der Waals surface area contributed by atoms with E-state index in [-0.39, 0.29) is 43.2 Å². The Labute approximate surface area is 151 Å². The second-order valence-electron chi connectivity index (χ2n) is 6.98. The highest BCUT2D eigenvalue weighted by Gasteiger charge is 2.24. The van der Waals surface area contributed by atoms with E-state index in [0.717, 1.165) is 37.3 Å². The molecule has 0 unspecified atom stereocenters. The summed E-state index contributed by atoms with van der Waals surface area (Å²) in [6.45, 7) is 5.46. The zero-order chi connectivity index (χ0) is 15.9. The van der Waals surface area contributed by atoms with E-state index in [1.807, 2.05) is 21.1 Å². The van der Waals surface area contributed by atoms with Gasteiger partial charge in [-0.25, -0.2) is 0 Å². The van der Waals surface area contributed by atoms with Crippen molar-refractivity contribution in [1.82, 2.24) is 10.6 Å². The summed E-state index contributed by atoms with van der Waals surface area (Å²) < 4.78 is 6.82. The highest BCUT2D eigenvalue weighted by molar-refractivity contribution is 5.85. The fourth-order valence-corrected chi connectivity index (χ4v) is 2.20. The standard InChI is InChI=1S/C14H28N4O3.2ClH/c1-17(2,3)12-14(20)16-11-13(19)15-5-6-18(4)7-9-21-10-8-18;;/h5-12H2,1-4H3;2*1H. The number of hydrogen-bond donors (Lipinski definition) is 2. The van der Waals surface area contributed by atoms with Gasteiger partial charge in [-0.15, -0.1) is 0 Å². The minimum atomic E-state index is -0.135. The van der Waals surface area contributed by atoms with Crippen LogP contribution in [0.4, 0.5) is 0 Å². The topological polar surface area (TPSA) is 67.4 Å². The molecule has 1 fully saturated rings. The molecule has 0 aromatic heterocycles. The van der Waals surface area contributed by atoms with Gasteiger partial charge in [-0.1, -0.05) is 0 Å². The predicted octanol–water partition coefficient (Wildman–Crippen LogP) is -7.59. The highest BCUT2D eigenvalue weighted by Crippen LogP contribution is 2.05. The van der Waals surface area contributed by atoms with Crippen LogP contribution in [0.15, 0.2) is 0 Å². The Kier molecular flexibility index (Phi) is 11.8.